The van der Waals surface area contributed by atoms with E-state index in [2.05, 4.69) is 26.2 Å². The summed E-state index contributed by atoms with van der Waals surface area (Å²) in [4.78, 5) is 31.9. The molecule has 3 aromatic rings. The van der Waals surface area contributed by atoms with Crippen LogP contribution in [0.5, 0.6) is 0 Å². The number of hydrogen-bond acceptors (Lipinski definition) is 3. The van der Waals surface area contributed by atoms with Crippen LogP contribution < -0.4 is 5.32 Å². The van der Waals surface area contributed by atoms with Crippen LogP contribution in [0.15, 0.2) is 53.0 Å². The van der Waals surface area contributed by atoms with Crippen LogP contribution in [-0.4, -0.2) is 39.4 Å². The van der Waals surface area contributed by atoms with Crippen molar-refractivity contribution in [2.75, 3.05) is 13.1 Å². The second-order valence-corrected chi connectivity index (χ2v) is 8.15. The molecule has 1 fully saturated rings. The van der Waals surface area contributed by atoms with Crippen molar-refractivity contribution in [1.82, 2.24) is 19.8 Å². The molecule has 0 atom stereocenters. The molecule has 0 radical (unpaired) electrons. The number of para-hydroxylation sites is 2. The van der Waals surface area contributed by atoms with Crippen molar-refractivity contribution >= 4 is 38.8 Å². The molecule has 1 aromatic heterocycles. The number of aromatic nitrogens is 2. The molecule has 2 heterocycles. The lowest BCUT2D eigenvalue weighted by Gasteiger charge is -2.27. The minimum Gasteiger partial charge on any atom is -0.345 e. The summed E-state index contributed by atoms with van der Waals surface area (Å²) in [5.41, 5.74) is 2.32. The van der Waals surface area contributed by atoms with E-state index >= 15 is 0 Å². The van der Waals surface area contributed by atoms with Crippen LogP contribution in [0.2, 0.25) is 0 Å². The number of carbonyl (C=O) groups is 2. The predicted octanol–water partition coefficient (Wildman–Crippen LogP) is 3.74. The van der Waals surface area contributed by atoms with Crippen LogP contribution in [0.1, 0.15) is 35.4 Å². The Morgan fingerprint density at radius 3 is 2.48 bits per heavy atom. The third-order valence-electron chi connectivity index (χ3n) is 5.25. The number of imidazole rings is 1. The number of rotatable bonds is 5. The van der Waals surface area contributed by atoms with E-state index in [0.29, 0.717) is 11.4 Å². The minimum atomic E-state index is -0.168. The van der Waals surface area contributed by atoms with E-state index in [1.54, 1.807) is 12.1 Å². The summed E-state index contributed by atoms with van der Waals surface area (Å²) in [5, 5.41) is 2.93. The van der Waals surface area contributed by atoms with E-state index in [1.807, 2.05) is 45.9 Å². The van der Waals surface area contributed by atoms with E-state index in [4.69, 9.17) is 0 Å². The summed E-state index contributed by atoms with van der Waals surface area (Å²) in [6, 6.07) is 15.0. The number of nitrogens with zero attached hydrogens (tertiary/aromatic N) is 3. The lowest BCUT2D eigenvalue weighted by molar-refractivity contribution is -0.132. The maximum Gasteiger partial charge on any atom is 0.251 e. The molecule has 0 unspecified atom stereocenters. The fourth-order valence-electron chi connectivity index (χ4n) is 3.68. The van der Waals surface area contributed by atoms with Gasteiger partial charge in [0.2, 0.25) is 5.91 Å². The van der Waals surface area contributed by atoms with Crippen LogP contribution in [0.3, 0.4) is 0 Å². The highest BCUT2D eigenvalue weighted by Gasteiger charge is 2.20. The third kappa shape index (κ3) is 4.50. The van der Waals surface area contributed by atoms with Gasteiger partial charge < -0.3 is 14.8 Å². The van der Waals surface area contributed by atoms with Crippen molar-refractivity contribution in [3.63, 3.8) is 0 Å². The normalized spacial score (nSPS) is 14.2. The lowest BCUT2D eigenvalue weighted by atomic mass is 10.1. The molecule has 1 N–H and O–H groups in total. The molecular formula is C22H23BrN4O2. The third-order valence-corrected chi connectivity index (χ3v) is 5.78. The lowest BCUT2D eigenvalue weighted by Crippen LogP contribution is -2.38. The maximum atomic E-state index is 12.8. The molecule has 29 heavy (non-hydrogen) atoms. The predicted molar refractivity (Wildman–Crippen MR) is 115 cm³/mol. The Hall–Kier alpha value is -2.67. The van der Waals surface area contributed by atoms with Crippen molar-refractivity contribution in [3.05, 3.63) is 64.4 Å². The van der Waals surface area contributed by atoms with Gasteiger partial charge in [-0.3, -0.25) is 9.59 Å². The molecule has 0 saturated carbocycles. The quantitative estimate of drug-likeness (QED) is 0.638. The number of carbonyl (C=O) groups excluding carboxylic acids is 2. The monoisotopic (exact) mass is 454 g/mol. The highest BCUT2D eigenvalue weighted by Crippen LogP contribution is 2.18. The molecule has 0 bridgehead atoms. The average molecular weight is 455 g/mol. The van der Waals surface area contributed by atoms with Gasteiger partial charge in [0, 0.05) is 23.1 Å². The molecule has 1 aliphatic heterocycles. The number of fused-ring (bicyclic) bond motifs is 1. The van der Waals surface area contributed by atoms with Crippen molar-refractivity contribution < 1.29 is 9.59 Å². The molecule has 6 nitrogen and oxygen atoms in total. The number of hydrogen-bond donors (Lipinski definition) is 1. The second kappa shape index (κ2) is 8.78. The van der Waals surface area contributed by atoms with Gasteiger partial charge in [-0.05, 0) is 55.7 Å². The highest BCUT2D eigenvalue weighted by molar-refractivity contribution is 9.10. The van der Waals surface area contributed by atoms with Crippen molar-refractivity contribution in [2.24, 2.45) is 0 Å². The zero-order valence-corrected chi connectivity index (χ0v) is 17.7. The van der Waals surface area contributed by atoms with Gasteiger partial charge in [-0.25, -0.2) is 4.98 Å². The number of benzene rings is 2. The Labute approximate surface area is 178 Å². The van der Waals surface area contributed by atoms with Crippen molar-refractivity contribution in [2.45, 2.75) is 32.4 Å². The summed E-state index contributed by atoms with van der Waals surface area (Å²) < 4.78 is 2.85. The maximum absolute atomic E-state index is 12.8. The molecule has 0 spiro atoms. The first-order valence-electron chi connectivity index (χ1n) is 9.87. The molecule has 1 aliphatic rings. The van der Waals surface area contributed by atoms with Crippen LogP contribution in [-0.2, 0) is 17.9 Å². The van der Waals surface area contributed by atoms with Crippen LogP contribution >= 0.6 is 15.9 Å². The number of likely N-dealkylation sites (tertiary alicyclic amines) is 1. The molecule has 2 amide bonds. The van der Waals surface area contributed by atoms with Crippen LogP contribution in [0, 0.1) is 0 Å². The van der Waals surface area contributed by atoms with E-state index in [-0.39, 0.29) is 24.9 Å². The van der Waals surface area contributed by atoms with Gasteiger partial charge in [0.1, 0.15) is 12.4 Å². The molecule has 1 saturated heterocycles. The summed E-state index contributed by atoms with van der Waals surface area (Å²) in [7, 11) is 0. The van der Waals surface area contributed by atoms with Gasteiger partial charge in [-0.2, -0.15) is 0 Å². The average Bonchev–Trinajstić information content (AvgIpc) is 3.10. The van der Waals surface area contributed by atoms with Gasteiger partial charge in [0.15, 0.2) is 0 Å². The SMILES string of the molecule is O=C(NCc1nc2ccccc2n1CC(=O)N1CCCCC1)c1ccc(Br)cc1. The molecule has 150 valence electrons. The second-order valence-electron chi connectivity index (χ2n) is 7.23. The first kappa shape index (κ1) is 19.6. The van der Waals surface area contributed by atoms with Gasteiger partial charge >= 0.3 is 0 Å². The summed E-state index contributed by atoms with van der Waals surface area (Å²) in [6.45, 7) is 2.14. The Morgan fingerprint density at radius 2 is 1.72 bits per heavy atom. The summed E-state index contributed by atoms with van der Waals surface area (Å²) >= 11 is 3.37. The molecule has 2 aromatic carbocycles. The smallest absolute Gasteiger partial charge is 0.251 e. The Bertz CT molecular complexity index is 1020. The Kier molecular flexibility index (Phi) is 5.94. The van der Waals surface area contributed by atoms with Gasteiger partial charge in [0.25, 0.3) is 5.91 Å². The van der Waals surface area contributed by atoms with Gasteiger partial charge in [-0.1, -0.05) is 28.1 Å². The van der Waals surface area contributed by atoms with E-state index < -0.39 is 0 Å². The van der Waals surface area contributed by atoms with Crippen molar-refractivity contribution in [3.8, 4) is 0 Å². The van der Waals surface area contributed by atoms with Crippen LogP contribution in [0.4, 0.5) is 0 Å². The Morgan fingerprint density at radius 1 is 1.00 bits per heavy atom. The topological polar surface area (TPSA) is 67.2 Å². The first-order valence-corrected chi connectivity index (χ1v) is 10.7. The number of nitrogens with one attached hydrogen (secondary N) is 1. The van der Waals surface area contributed by atoms with E-state index in [1.165, 1.54) is 6.42 Å². The summed E-state index contributed by atoms with van der Waals surface area (Å²) in [6.07, 6.45) is 3.31. The standard InChI is InChI=1S/C22H23BrN4O2/c23-17-10-8-16(9-11-17)22(29)24-14-20-25-18-6-2-3-7-19(18)27(20)15-21(28)26-12-4-1-5-13-26/h2-3,6-11H,1,4-5,12-15H2,(H,24,29). The van der Waals surface area contributed by atoms with E-state index in [0.717, 1.165) is 41.4 Å². The van der Waals surface area contributed by atoms with Crippen LogP contribution in [0.25, 0.3) is 11.0 Å². The zero-order valence-electron chi connectivity index (χ0n) is 16.1. The summed E-state index contributed by atoms with van der Waals surface area (Å²) in [5.74, 6) is 0.619. The highest BCUT2D eigenvalue weighted by atomic mass is 79.9. The number of amides is 2. The van der Waals surface area contributed by atoms with Gasteiger partial charge in [0.05, 0.1) is 17.6 Å². The van der Waals surface area contributed by atoms with E-state index in [9.17, 15) is 9.59 Å². The minimum absolute atomic E-state index is 0.105. The largest absolute Gasteiger partial charge is 0.345 e. The molecule has 4 rings (SSSR count). The molecule has 7 heteroatoms. The molecule has 0 aliphatic carbocycles. The number of halogens is 1. The fourth-order valence-corrected chi connectivity index (χ4v) is 3.94. The molecular weight excluding hydrogens is 432 g/mol. The zero-order chi connectivity index (χ0) is 20.2. The Balaban J connectivity index is 1.53. The number of piperidine rings is 1. The first-order chi connectivity index (χ1) is 14.1. The van der Waals surface area contributed by atoms with Gasteiger partial charge in [-0.15, -0.1) is 0 Å². The van der Waals surface area contributed by atoms with Crippen molar-refractivity contribution in [1.29, 1.82) is 0 Å². The fraction of sp³-hybridized carbons (Fsp3) is 0.318.